The molecule has 0 aromatic heterocycles. The molecule has 1 aromatic rings. The minimum atomic E-state index is -0.540. The van der Waals surface area contributed by atoms with E-state index in [1.807, 2.05) is 0 Å². The van der Waals surface area contributed by atoms with Crippen LogP contribution in [-0.2, 0) is 4.74 Å². The van der Waals surface area contributed by atoms with Crippen molar-refractivity contribution in [3.8, 4) is 17.2 Å². The SMILES string of the molecule is C=CCOC(=O)c1cc(OC)c(O)c(OC)c1. The zero-order valence-electron chi connectivity index (χ0n) is 9.73. The molecule has 0 aliphatic carbocycles. The summed E-state index contributed by atoms with van der Waals surface area (Å²) in [6, 6.07) is 2.76. The van der Waals surface area contributed by atoms with Gasteiger partial charge in [-0.3, -0.25) is 0 Å². The van der Waals surface area contributed by atoms with Crippen LogP contribution in [0.25, 0.3) is 0 Å². The summed E-state index contributed by atoms with van der Waals surface area (Å²) in [5, 5.41) is 9.65. The molecule has 0 saturated heterocycles. The van der Waals surface area contributed by atoms with Crippen LogP contribution in [0.2, 0.25) is 0 Å². The number of phenols is 1. The average Bonchev–Trinajstić information content (AvgIpc) is 2.36. The lowest BCUT2D eigenvalue weighted by atomic mass is 10.2. The van der Waals surface area contributed by atoms with Crippen LogP contribution in [-0.4, -0.2) is 31.9 Å². The van der Waals surface area contributed by atoms with Crippen LogP contribution < -0.4 is 9.47 Å². The van der Waals surface area contributed by atoms with E-state index in [1.54, 1.807) is 0 Å². The summed E-state index contributed by atoms with van der Waals surface area (Å²) in [5.74, 6) is -0.401. The van der Waals surface area contributed by atoms with E-state index in [2.05, 4.69) is 6.58 Å². The number of hydrogen-bond acceptors (Lipinski definition) is 5. The van der Waals surface area contributed by atoms with Gasteiger partial charge in [-0.2, -0.15) is 0 Å². The van der Waals surface area contributed by atoms with Gasteiger partial charge in [0, 0.05) is 0 Å². The quantitative estimate of drug-likeness (QED) is 0.625. The van der Waals surface area contributed by atoms with E-state index in [4.69, 9.17) is 14.2 Å². The molecule has 0 heterocycles. The highest BCUT2D eigenvalue weighted by atomic mass is 16.5. The van der Waals surface area contributed by atoms with E-state index in [1.165, 1.54) is 32.4 Å². The van der Waals surface area contributed by atoms with Crippen molar-refractivity contribution in [3.63, 3.8) is 0 Å². The number of ether oxygens (including phenoxy) is 3. The van der Waals surface area contributed by atoms with Crippen LogP contribution in [0.15, 0.2) is 24.8 Å². The molecule has 1 aromatic carbocycles. The topological polar surface area (TPSA) is 65.0 Å². The van der Waals surface area contributed by atoms with Crippen molar-refractivity contribution in [2.75, 3.05) is 20.8 Å². The van der Waals surface area contributed by atoms with Gasteiger partial charge in [-0.1, -0.05) is 12.7 Å². The second-order valence-electron chi connectivity index (χ2n) is 3.12. The molecule has 0 unspecified atom stereocenters. The molecule has 0 amide bonds. The molecule has 0 radical (unpaired) electrons. The number of hydrogen-bond donors (Lipinski definition) is 1. The minimum Gasteiger partial charge on any atom is -0.502 e. The van der Waals surface area contributed by atoms with Crippen LogP contribution in [0.3, 0.4) is 0 Å². The molecule has 5 heteroatoms. The molecule has 0 fully saturated rings. The maximum atomic E-state index is 11.6. The molecule has 1 N–H and O–H groups in total. The van der Waals surface area contributed by atoms with Gasteiger partial charge < -0.3 is 19.3 Å². The van der Waals surface area contributed by atoms with Gasteiger partial charge in [-0.25, -0.2) is 4.79 Å². The summed E-state index contributed by atoms with van der Waals surface area (Å²) >= 11 is 0. The molecule has 0 atom stereocenters. The van der Waals surface area contributed by atoms with Crippen LogP contribution in [0.1, 0.15) is 10.4 Å². The van der Waals surface area contributed by atoms with E-state index in [-0.39, 0.29) is 29.4 Å². The summed E-state index contributed by atoms with van der Waals surface area (Å²) in [4.78, 5) is 11.6. The van der Waals surface area contributed by atoms with Crippen LogP contribution in [0.4, 0.5) is 0 Å². The van der Waals surface area contributed by atoms with Gasteiger partial charge >= 0.3 is 5.97 Å². The Balaban J connectivity index is 3.08. The fourth-order valence-electron chi connectivity index (χ4n) is 1.23. The molecule has 0 spiro atoms. The Bertz CT molecular complexity index is 400. The monoisotopic (exact) mass is 238 g/mol. The normalized spacial score (nSPS) is 9.53. The zero-order valence-corrected chi connectivity index (χ0v) is 9.73. The molecular formula is C12H14O5. The molecule has 0 aliphatic heterocycles. The van der Waals surface area contributed by atoms with Gasteiger partial charge in [0.25, 0.3) is 0 Å². The predicted octanol–water partition coefficient (Wildman–Crippen LogP) is 1.75. The fourth-order valence-corrected chi connectivity index (χ4v) is 1.23. The summed E-state index contributed by atoms with van der Waals surface area (Å²) in [5.41, 5.74) is 0.235. The van der Waals surface area contributed by atoms with E-state index in [9.17, 15) is 9.90 Å². The van der Waals surface area contributed by atoms with Crippen LogP contribution in [0, 0.1) is 0 Å². The standard InChI is InChI=1S/C12H14O5/c1-4-5-17-12(14)8-6-9(15-2)11(13)10(7-8)16-3/h4,6-7,13H,1,5H2,2-3H3. The molecule has 17 heavy (non-hydrogen) atoms. The van der Waals surface area contributed by atoms with Crippen molar-refractivity contribution in [2.45, 2.75) is 0 Å². The number of esters is 1. The third-order valence-electron chi connectivity index (χ3n) is 2.05. The summed E-state index contributed by atoms with van der Waals surface area (Å²) in [6.07, 6.45) is 1.47. The van der Waals surface area contributed by atoms with Gasteiger partial charge in [0.1, 0.15) is 6.61 Å². The second kappa shape index (κ2) is 5.79. The first-order chi connectivity index (χ1) is 8.13. The highest BCUT2D eigenvalue weighted by Crippen LogP contribution is 2.37. The average molecular weight is 238 g/mol. The van der Waals surface area contributed by atoms with Gasteiger partial charge in [0.2, 0.25) is 5.75 Å². The highest BCUT2D eigenvalue weighted by molar-refractivity contribution is 5.91. The Morgan fingerprint density at radius 3 is 2.29 bits per heavy atom. The third kappa shape index (κ3) is 2.90. The van der Waals surface area contributed by atoms with E-state index in [0.29, 0.717) is 0 Å². The maximum Gasteiger partial charge on any atom is 0.338 e. The smallest absolute Gasteiger partial charge is 0.338 e. The molecular weight excluding hydrogens is 224 g/mol. The Morgan fingerprint density at radius 2 is 1.88 bits per heavy atom. The number of benzene rings is 1. The Kier molecular flexibility index (Phi) is 4.39. The molecule has 92 valence electrons. The van der Waals surface area contributed by atoms with E-state index >= 15 is 0 Å². The first-order valence-electron chi connectivity index (χ1n) is 4.87. The second-order valence-corrected chi connectivity index (χ2v) is 3.12. The number of phenolic OH excluding ortho intramolecular Hbond substituents is 1. The maximum absolute atomic E-state index is 11.6. The van der Waals surface area contributed by atoms with Crippen LogP contribution in [0.5, 0.6) is 17.2 Å². The number of carbonyl (C=O) groups excluding carboxylic acids is 1. The van der Waals surface area contributed by atoms with Gasteiger partial charge in [0.15, 0.2) is 11.5 Å². The van der Waals surface area contributed by atoms with Crippen molar-refractivity contribution in [2.24, 2.45) is 0 Å². The first-order valence-corrected chi connectivity index (χ1v) is 4.87. The summed E-state index contributed by atoms with van der Waals surface area (Å²) in [7, 11) is 2.76. The lowest BCUT2D eigenvalue weighted by molar-refractivity contribution is 0.0549. The fraction of sp³-hybridized carbons (Fsp3) is 0.250. The van der Waals surface area contributed by atoms with E-state index in [0.717, 1.165) is 0 Å². The van der Waals surface area contributed by atoms with Crippen molar-refractivity contribution in [1.29, 1.82) is 0 Å². The Labute approximate surface area is 99.2 Å². The van der Waals surface area contributed by atoms with Crippen molar-refractivity contribution in [3.05, 3.63) is 30.4 Å². The third-order valence-corrected chi connectivity index (χ3v) is 2.05. The van der Waals surface area contributed by atoms with Crippen molar-refractivity contribution >= 4 is 5.97 Å². The molecule has 5 nitrogen and oxygen atoms in total. The van der Waals surface area contributed by atoms with Crippen molar-refractivity contribution < 1.29 is 24.1 Å². The van der Waals surface area contributed by atoms with E-state index < -0.39 is 5.97 Å². The van der Waals surface area contributed by atoms with Gasteiger partial charge in [-0.15, -0.1) is 0 Å². The predicted molar refractivity (Wildman–Crippen MR) is 61.7 cm³/mol. The van der Waals surface area contributed by atoms with Crippen molar-refractivity contribution in [1.82, 2.24) is 0 Å². The van der Waals surface area contributed by atoms with Gasteiger partial charge in [-0.05, 0) is 12.1 Å². The van der Waals surface area contributed by atoms with Gasteiger partial charge in [0.05, 0.1) is 19.8 Å². The van der Waals surface area contributed by atoms with Crippen LogP contribution >= 0.6 is 0 Å². The Morgan fingerprint density at radius 1 is 1.35 bits per heavy atom. The molecule has 0 bridgehead atoms. The lowest BCUT2D eigenvalue weighted by Crippen LogP contribution is -2.05. The number of carbonyl (C=O) groups is 1. The number of methoxy groups -OCH3 is 2. The number of aromatic hydroxyl groups is 1. The summed E-state index contributed by atoms with van der Waals surface area (Å²) < 4.78 is 14.7. The summed E-state index contributed by atoms with van der Waals surface area (Å²) in [6.45, 7) is 3.56. The highest BCUT2D eigenvalue weighted by Gasteiger charge is 2.16. The molecule has 0 saturated carbocycles. The molecule has 1 rings (SSSR count). The zero-order chi connectivity index (χ0) is 12.8. The number of rotatable bonds is 5. The minimum absolute atomic E-state index is 0.115. The Hall–Kier alpha value is -2.17. The molecule has 0 aliphatic rings. The largest absolute Gasteiger partial charge is 0.502 e. The lowest BCUT2D eigenvalue weighted by Gasteiger charge is -2.10. The first kappa shape index (κ1) is 12.9.